The van der Waals surface area contributed by atoms with E-state index in [1.807, 2.05) is 95.9 Å². The van der Waals surface area contributed by atoms with Gasteiger partial charge in [0.25, 0.3) is 0 Å². The minimum atomic E-state index is 0.248. The van der Waals surface area contributed by atoms with Gasteiger partial charge < -0.3 is 4.74 Å². The molecule has 0 atom stereocenters. The summed E-state index contributed by atoms with van der Waals surface area (Å²) in [6.07, 6.45) is 1.46. The summed E-state index contributed by atoms with van der Waals surface area (Å²) in [5.74, 6) is 1.17. The van der Waals surface area contributed by atoms with Crippen LogP contribution >= 0.6 is 0 Å². The molecule has 0 saturated heterocycles. The monoisotopic (exact) mass is 340 g/mol. The lowest BCUT2D eigenvalue weighted by atomic mass is 10.2. The third kappa shape index (κ3) is 3.52. The van der Waals surface area contributed by atoms with Crippen LogP contribution in [0.15, 0.2) is 97.3 Å². The third-order valence-electron chi connectivity index (χ3n) is 3.72. The first-order valence-electron chi connectivity index (χ1n) is 8.22. The fraction of sp³-hybridized carbons (Fsp3) is 0. The number of aromatic nitrogens is 3. The predicted octanol–water partition coefficient (Wildman–Crippen LogP) is 5.13. The van der Waals surface area contributed by atoms with Crippen molar-refractivity contribution in [1.82, 2.24) is 15.0 Å². The molecule has 4 rings (SSSR count). The van der Waals surface area contributed by atoms with E-state index in [4.69, 9.17) is 4.74 Å². The molecule has 0 saturated carbocycles. The highest BCUT2D eigenvalue weighted by atomic mass is 16.5. The molecule has 5 heteroatoms. The predicted molar refractivity (Wildman–Crippen MR) is 101 cm³/mol. The molecule has 0 N–H and O–H groups in total. The second-order valence-corrected chi connectivity index (χ2v) is 5.49. The van der Waals surface area contributed by atoms with E-state index in [0.29, 0.717) is 11.7 Å². The first kappa shape index (κ1) is 15.8. The van der Waals surface area contributed by atoms with Crippen LogP contribution in [0.2, 0.25) is 0 Å². The second-order valence-electron chi connectivity index (χ2n) is 5.49. The summed E-state index contributed by atoms with van der Waals surface area (Å²) >= 11 is 0. The molecule has 26 heavy (non-hydrogen) atoms. The maximum absolute atomic E-state index is 5.75. The standard InChI is InChI=1S/C21H16N4O/c1-4-10-17(11-5-1)25(18-12-6-2-7-13-18)20-22-16-23-21(24-20)26-19-14-8-3-9-15-19/h1-16H. The fourth-order valence-corrected chi connectivity index (χ4v) is 2.56. The molecule has 1 heterocycles. The van der Waals surface area contributed by atoms with Crippen molar-refractivity contribution in [3.8, 4) is 11.8 Å². The van der Waals surface area contributed by atoms with Gasteiger partial charge in [-0.25, -0.2) is 4.98 Å². The first-order valence-corrected chi connectivity index (χ1v) is 8.22. The number of ether oxygens (including phenoxy) is 1. The van der Waals surface area contributed by atoms with E-state index in [-0.39, 0.29) is 6.01 Å². The Morgan fingerprint density at radius 3 is 1.73 bits per heavy atom. The highest BCUT2D eigenvalue weighted by Gasteiger charge is 2.16. The molecule has 126 valence electrons. The van der Waals surface area contributed by atoms with Gasteiger partial charge in [0.05, 0.1) is 0 Å². The van der Waals surface area contributed by atoms with Gasteiger partial charge in [0.1, 0.15) is 12.1 Å². The molecular formula is C21H16N4O. The summed E-state index contributed by atoms with van der Waals surface area (Å²) in [6.45, 7) is 0. The Morgan fingerprint density at radius 1 is 0.615 bits per heavy atom. The van der Waals surface area contributed by atoms with Crippen molar-refractivity contribution >= 4 is 17.3 Å². The van der Waals surface area contributed by atoms with E-state index in [9.17, 15) is 0 Å². The smallest absolute Gasteiger partial charge is 0.326 e. The zero-order valence-corrected chi connectivity index (χ0v) is 13.9. The van der Waals surface area contributed by atoms with Crippen LogP contribution in [-0.4, -0.2) is 15.0 Å². The summed E-state index contributed by atoms with van der Waals surface area (Å²) in [4.78, 5) is 15.0. The number of benzene rings is 3. The Labute approximate surface area is 151 Å². The molecule has 0 spiro atoms. The zero-order valence-electron chi connectivity index (χ0n) is 13.9. The van der Waals surface area contributed by atoms with E-state index in [0.717, 1.165) is 11.4 Å². The lowest BCUT2D eigenvalue weighted by Crippen LogP contribution is -2.13. The molecule has 0 aliphatic carbocycles. The van der Waals surface area contributed by atoms with Gasteiger partial charge in [-0.2, -0.15) is 9.97 Å². The molecule has 0 aliphatic heterocycles. The maximum atomic E-state index is 5.75. The molecule has 1 aromatic heterocycles. The Bertz CT molecular complexity index is 923. The number of hydrogen-bond acceptors (Lipinski definition) is 5. The Hall–Kier alpha value is -3.73. The van der Waals surface area contributed by atoms with Crippen molar-refractivity contribution in [2.24, 2.45) is 0 Å². The molecule has 0 radical (unpaired) electrons. The summed E-state index contributed by atoms with van der Waals surface area (Å²) in [6, 6.07) is 29.6. The van der Waals surface area contributed by atoms with Crippen LogP contribution in [0.5, 0.6) is 11.8 Å². The number of para-hydroxylation sites is 3. The average Bonchev–Trinajstić information content (AvgIpc) is 2.71. The molecular weight excluding hydrogens is 324 g/mol. The van der Waals surface area contributed by atoms with Crippen LogP contribution in [0.25, 0.3) is 0 Å². The topological polar surface area (TPSA) is 51.1 Å². The quantitative estimate of drug-likeness (QED) is 0.504. The van der Waals surface area contributed by atoms with Crippen molar-refractivity contribution in [1.29, 1.82) is 0 Å². The minimum absolute atomic E-state index is 0.248. The van der Waals surface area contributed by atoms with Gasteiger partial charge >= 0.3 is 6.01 Å². The lowest BCUT2D eigenvalue weighted by Gasteiger charge is -2.22. The highest BCUT2D eigenvalue weighted by Crippen LogP contribution is 2.32. The minimum Gasteiger partial charge on any atom is -0.424 e. The SMILES string of the molecule is c1ccc(Oc2ncnc(N(c3ccccc3)c3ccccc3)n2)cc1. The van der Waals surface area contributed by atoms with E-state index in [2.05, 4.69) is 15.0 Å². The van der Waals surface area contributed by atoms with Gasteiger partial charge in [0.2, 0.25) is 5.95 Å². The zero-order chi connectivity index (χ0) is 17.6. The molecule has 0 fully saturated rings. The maximum Gasteiger partial charge on any atom is 0.326 e. The Balaban J connectivity index is 1.73. The van der Waals surface area contributed by atoms with Gasteiger partial charge in [-0.3, -0.25) is 4.90 Å². The molecule has 0 unspecified atom stereocenters. The second kappa shape index (κ2) is 7.44. The number of rotatable bonds is 5. The van der Waals surface area contributed by atoms with Crippen LogP contribution in [0.4, 0.5) is 17.3 Å². The lowest BCUT2D eigenvalue weighted by molar-refractivity contribution is 0.440. The average molecular weight is 340 g/mol. The van der Waals surface area contributed by atoms with Gasteiger partial charge in [-0.1, -0.05) is 54.6 Å². The summed E-state index contributed by atoms with van der Waals surface area (Å²) in [5.41, 5.74) is 1.91. The van der Waals surface area contributed by atoms with Crippen LogP contribution in [0.1, 0.15) is 0 Å². The van der Waals surface area contributed by atoms with Crippen LogP contribution in [0.3, 0.4) is 0 Å². The van der Waals surface area contributed by atoms with Crippen molar-refractivity contribution in [2.75, 3.05) is 4.90 Å². The summed E-state index contributed by atoms with van der Waals surface area (Å²) < 4.78 is 5.75. The number of anilines is 3. The molecule has 4 aromatic rings. The third-order valence-corrected chi connectivity index (χ3v) is 3.72. The highest BCUT2D eigenvalue weighted by molar-refractivity contribution is 5.72. The van der Waals surface area contributed by atoms with E-state index < -0.39 is 0 Å². The summed E-state index contributed by atoms with van der Waals surface area (Å²) in [7, 11) is 0. The molecule has 0 bridgehead atoms. The largest absolute Gasteiger partial charge is 0.424 e. The number of hydrogen-bond donors (Lipinski definition) is 0. The fourth-order valence-electron chi connectivity index (χ4n) is 2.56. The molecule has 3 aromatic carbocycles. The van der Waals surface area contributed by atoms with Gasteiger partial charge in [-0.05, 0) is 36.4 Å². The van der Waals surface area contributed by atoms with Crippen molar-refractivity contribution in [2.45, 2.75) is 0 Å². The molecule has 0 aliphatic rings. The normalized spacial score (nSPS) is 10.3. The van der Waals surface area contributed by atoms with Gasteiger partial charge in [0, 0.05) is 11.4 Å². The van der Waals surface area contributed by atoms with Gasteiger partial charge in [-0.15, -0.1) is 0 Å². The van der Waals surface area contributed by atoms with Crippen molar-refractivity contribution in [3.63, 3.8) is 0 Å². The van der Waals surface area contributed by atoms with Crippen LogP contribution in [-0.2, 0) is 0 Å². The van der Waals surface area contributed by atoms with Crippen LogP contribution in [0, 0.1) is 0 Å². The summed E-state index contributed by atoms with van der Waals surface area (Å²) in [5, 5.41) is 0. The van der Waals surface area contributed by atoms with Gasteiger partial charge in [0.15, 0.2) is 0 Å². The van der Waals surface area contributed by atoms with Crippen molar-refractivity contribution in [3.05, 3.63) is 97.3 Å². The van der Waals surface area contributed by atoms with E-state index >= 15 is 0 Å². The number of nitrogens with zero attached hydrogens (tertiary/aromatic N) is 4. The van der Waals surface area contributed by atoms with Crippen molar-refractivity contribution < 1.29 is 4.74 Å². The van der Waals surface area contributed by atoms with E-state index in [1.165, 1.54) is 6.33 Å². The van der Waals surface area contributed by atoms with Crippen LogP contribution < -0.4 is 9.64 Å². The Kier molecular flexibility index (Phi) is 4.52. The Morgan fingerprint density at radius 2 is 1.15 bits per heavy atom. The molecule has 0 amide bonds. The van der Waals surface area contributed by atoms with E-state index in [1.54, 1.807) is 0 Å². The first-order chi connectivity index (χ1) is 12.9. The molecule has 5 nitrogen and oxygen atoms in total.